The molecule has 0 atom stereocenters. The molecule has 0 spiro atoms. The van der Waals surface area contributed by atoms with Gasteiger partial charge in [-0.1, -0.05) is 46.8 Å². The molecule has 0 bridgehead atoms. The Bertz CT molecular complexity index is 422. The van der Waals surface area contributed by atoms with Gasteiger partial charge in [0, 0.05) is 0 Å². The number of ether oxygens (including phenoxy) is 1. The lowest BCUT2D eigenvalue weighted by molar-refractivity contribution is 0.0288. The monoisotopic (exact) mass is 274 g/mol. The Morgan fingerprint density at radius 2 is 1.65 bits per heavy atom. The minimum absolute atomic E-state index is 0.0712. The van der Waals surface area contributed by atoms with E-state index < -0.39 is 0 Å². The van der Waals surface area contributed by atoms with Crippen LogP contribution in [0.25, 0.3) is 0 Å². The summed E-state index contributed by atoms with van der Waals surface area (Å²) in [5.41, 5.74) is 1.72. The fourth-order valence-corrected chi connectivity index (χ4v) is 3.18. The Morgan fingerprint density at radius 3 is 2.10 bits per heavy atom. The third-order valence-electron chi connectivity index (χ3n) is 5.34. The highest BCUT2D eigenvalue weighted by molar-refractivity contribution is 5.32. The highest BCUT2D eigenvalue weighted by Gasteiger charge is 2.39. The molecule has 20 heavy (non-hydrogen) atoms. The second kappa shape index (κ2) is 5.79. The van der Waals surface area contributed by atoms with Gasteiger partial charge in [-0.15, -0.1) is 0 Å². The molecule has 1 saturated carbocycles. The van der Waals surface area contributed by atoms with Crippen molar-refractivity contribution in [3.8, 4) is 5.75 Å². The minimum Gasteiger partial charge on any atom is -0.487 e. The first-order valence-corrected chi connectivity index (χ1v) is 8.19. The van der Waals surface area contributed by atoms with Crippen LogP contribution in [0, 0.1) is 5.92 Å². The zero-order valence-corrected chi connectivity index (χ0v) is 13.8. The molecule has 1 aliphatic carbocycles. The SMILES string of the molecule is CCC(C)(C)c1ccc(OC2(C(C)C)CCCC2)cc1. The molecule has 0 aliphatic heterocycles. The van der Waals surface area contributed by atoms with Gasteiger partial charge in [-0.2, -0.15) is 0 Å². The Balaban J connectivity index is 2.14. The molecule has 1 heteroatoms. The normalized spacial score (nSPS) is 18.5. The average molecular weight is 274 g/mol. The van der Waals surface area contributed by atoms with Crippen molar-refractivity contribution < 1.29 is 4.74 Å². The van der Waals surface area contributed by atoms with Crippen LogP contribution in [-0.2, 0) is 5.41 Å². The van der Waals surface area contributed by atoms with Crippen LogP contribution in [0.1, 0.15) is 72.3 Å². The van der Waals surface area contributed by atoms with E-state index in [4.69, 9.17) is 4.74 Å². The molecular formula is C19H30O. The van der Waals surface area contributed by atoms with E-state index in [2.05, 4.69) is 58.9 Å². The van der Waals surface area contributed by atoms with Gasteiger partial charge in [-0.25, -0.2) is 0 Å². The Hall–Kier alpha value is -0.980. The summed E-state index contributed by atoms with van der Waals surface area (Å²) in [6.07, 6.45) is 6.17. The maximum absolute atomic E-state index is 6.43. The summed E-state index contributed by atoms with van der Waals surface area (Å²) >= 11 is 0. The summed E-state index contributed by atoms with van der Waals surface area (Å²) in [4.78, 5) is 0. The van der Waals surface area contributed by atoms with Gasteiger partial charge in [0.2, 0.25) is 0 Å². The second-order valence-electron chi connectivity index (χ2n) is 7.29. The van der Waals surface area contributed by atoms with Crippen LogP contribution in [0.2, 0.25) is 0 Å². The molecule has 112 valence electrons. The van der Waals surface area contributed by atoms with Gasteiger partial charge in [0.05, 0.1) is 0 Å². The second-order valence-corrected chi connectivity index (χ2v) is 7.29. The molecule has 0 unspecified atom stereocenters. The Labute approximate surface area is 124 Å². The molecule has 1 fully saturated rings. The fourth-order valence-electron chi connectivity index (χ4n) is 3.18. The quantitative estimate of drug-likeness (QED) is 0.667. The van der Waals surface area contributed by atoms with Crippen LogP contribution in [-0.4, -0.2) is 5.60 Å². The molecule has 0 amide bonds. The first-order valence-electron chi connectivity index (χ1n) is 8.19. The van der Waals surface area contributed by atoms with Crippen molar-refractivity contribution in [1.82, 2.24) is 0 Å². The highest BCUT2D eigenvalue weighted by Crippen LogP contribution is 2.40. The summed E-state index contributed by atoms with van der Waals surface area (Å²) in [5, 5.41) is 0. The molecule has 0 radical (unpaired) electrons. The third kappa shape index (κ3) is 3.02. The van der Waals surface area contributed by atoms with Crippen LogP contribution in [0.15, 0.2) is 24.3 Å². The standard InChI is InChI=1S/C19H30O/c1-6-18(4,5)16-9-11-17(12-10-16)20-19(15(2)3)13-7-8-14-19/h9-12,15H,6-8,13-14H2,1-5H3. The lowest BCUT2D eigenvalue weighted by Crippen LogP contribution is -2.38. The number of hydrogen-bond donors (Lipinski definition) is 0. The predicted octanol–water partition coefficient (Wildman–Crippen LogP) is 5.72. The van der Waals surface area contributed by atoms with Crippen LogP contribution >= 0.6 is 0 Å². The van der Waals surface area contributed by atoms with E-state index in [0.717, 1.165) is 12.2 Å². The Morgan fingerprint density at radius 1 is 1.10 bits per heavy atom. The average Bonchev–Trinajstić information content (AvgIpc) is 2.89. The topological polar surface area (TPSA) is 9.23 Å². The van der Waals surface area contributed by atoms with E-state index in [9.17, 15) is 0 Å². The fraction of sp³-hybridized carbons (Fsp3) is 0.684. The van der Waals surface area contributed by atoms with Crippen molar-refractivity contribution in [2.24, 2.45) is 5.92 Å². The van der Waals surface area contributed by atoms with Crippen LogP contribution in [0.4, 0.5) is 0 Å². The van der Waals surface area contributed by atoms with Crippen molar-refractivity contribution in [2.75, 3.05) is 0 Å². The third-order valence-corrected chi connectivity index (χ3v) is 5.34. The Kier molecular flexibility index (Phi) is 4.46. The molecule has 2 rings (SSSR count). The van der Waals surface area contributed by atoms with Crippen LogP contribution in [0.3, 0.4) is 0 Å². The summed E-state index contributed by atoms with van der Waals surface area (Å²) in [7, 11) is 0. The van der Waals surface area contributed by atoms with Crippen molar-refractivity contribution >= 4 is 0 Å². The maximum Gasteiger partial charge on any atom is 0.120 e. The van der Waals surface area contributed by atoms with Gasteiger partial charge < -0.3 is 4.74 Å². The molecule has 1 aromatic carbocycles. The zero-order chi connectivity index (χ0) is 14.8. The zero-order valence-electron chi connectivity index (χ0n) is 13.8. The van der Waals surface area contributed by atoms with Crippen molar-refractivity contribution in [3.05, 3.63) is 29.8 Å². The van der Waals surface area contributed by atoms with Gasteiger partial charge >= 0.3 is 0 Å². The predicted molar refractivity (Wildman–Crippen MR) is 86.4 cm³/mol. The van der Waals surface area contributed by atoms with Gasteiger partial charge in [0.1, 0.15) is 11.4 Å². The molecule has 1 aliphatic rings. The van der Waals surface area contributed by atoms with E-state index in [1.807, 2.05) is 0 Å². The molecule has 0 aromatic heterocycles. The minimum atomic E-state index is 0.0712. The largest absolute Gasteiger partial charge is 0.487 e. The van der Waals surface area contributed by atoms with Crippen LogP contribution in [0.5, 0.6) is 5.75 Å². The van der Waals surface area contributed by atoms with Crippen molar-refractivity contribution in [2.45, 2.75) is 77.7 Å². The lowest BCUT2D eigenvalue weighted by atomic mass is 9.82. The van der Waals surface area contributed by atoms with Gasteiger partial charge in [0.25, 0.3) is 0 Å². The van der Waals surface area contributed by atoms with E-state index in [1.165, 1.54) is 31.2 Å². The van der Waals surface area contributed by atoms with E-state index in [0.29, 0.717) is 5.92 Å². The maximum atomic E-state index is 6.43. The first-order chi connectivity index (χ1) is 9.39. The molecule has 1 nitrogen and oxygen atoms in total. The molecular weight excluding hydrogens is 244 g/mol. The van der Waals surface area contributed by atoms with E-state index in [-0.39, 0.29) is 11.0 Å². The molecule has 1 aromatic rings. The molecule has 0 saturated heterocycles. The molecule has 0 N–H and O–H groups in total. The van der Waals surface area contributed by atoms with Gasteiger partial charge in [0.15, 0.2) is 0 Å². The van der Waals surface area contributed by atoms with Gasteiger partial charge in [-0.05, 0) is 61.1 Å². The highest BCUT2D eigenvalue weighted by atomic mass is 16.5. The van der Waals surface area contributed by atoms with Crippen molar-refractivity contribution in [3.63, 3.8) is 0 Å². The summed E-state index contributed by atoms with van der Waals surface area (Å²) in [6, 6.07) is 8.80. The first kappa shape index (κ1) is 15.4. The smallest absolute Gasteiger partial charge is 0.120 e. The van der Waals surface area contributed by atoms with E-state index >= 15 is 0 Å². The van der Waals surface area contributed by atoms with Crippen molar-refractivity contribution in [1.29, 1.82) is 0 Å². The number of benzene rings is 1. The summed E-state index contributed by atoms with van der Waals surface area (Å²) < 4.78 is 6.43. The summed E-state index contributed by atoms with van der Waals surface area (Å²) in [5.74, 6) is 1.62. The van der Waals surface area contributed by atoms with E-state index in [1.54, 1.807) is 0 Å². The van der Waals surface area contributed by atoms with Gasteiger partial charge in [-0.3, -0.25) is 0 Å². The van der Waals surface area contributed by atoms with Crippen LogP contribution < -0.4 is 4.74 Å². The molecule has 0 heterocycles. The summed E-state index contributed by atoms with van der Waals surface area (Å²) in [6.45, 7) is 11.4. The lowest BCUT2D eigenvalue weighted by Gasteiger charge is -2.34. The number of hydrogen-bond acceptors (Lipinski definition) is 1. The number of rotatable bonds is 5.